The van der Waals surface area contributed by atoms with Crippen molar-refractivity contribution in [3.63, 3.8) is 0 Å². The molecule has 0 unspecified atom stereocenters. The van der Waals surface area contributed by atoms with Crippen LogP contribution in [0.3, 0.4) is 0 Å². The Bertz CT molecular complexity index is 821. The first-order valence-corrected chi connectivity index (χ1v) is 8.23. The van der Waals surface area contributed by atoms with Gasteiger partial charge >= 0.3 is 5.97 Å². The lowest BCUT2D eigenvalue weighted by Crippen LogP contribution is -2.21. The van der Waals surface area contributed by atoms with E-state index in [0.717, 1.165) is 11.1 Å². The molecule has 0 aliphatic rings. The Kier molecular flexibility index (Phi) is 6.65. The lowest BCUT2D eigenvalue weighted by molar-refractivity contribution is -0.119. The van der Waals surface area contributed by atoms with Crippen molar-refractivity contribution in [1.82, 2.24) is 0 Å². The lowest BCUT2D eigenvalue weighted by Gasteiger charge is -2.14. The highest BCUT2D eigenvalue weighted by Crippen LogP contribution is 2.39. The fourth-order valence-electron chi connectivity index (χ4n) is 2.51. The third-order valence-electron chi connectivity index (χ3n) is 3.90. The summed E-state index contributed by atoms with van der Waals surface area (Å²) in [6, 6.07) is 8.65. The van der Waals surface area contributed by atoms with E-state index < -0.39 is 18.5 Å². The number of methoxy groups -OCH3 is 3. The van der Waals surface area contributed by atoms with Crippen LogP contribution in [0.5, 0.6) is 17.2 Å². The molecule has 0 bridgehead atoms. The van der Waals surface area contributed by atoms with Crippen molar-refractivity contribution in [1.29, 1.82) is 0 Å². The molecule has 0 spiro atoms. The molecule has 1 N–H and O–H groups in total. The summed E-state index contributed by atoms with van der Waals surface area (Å²) in [5.74, 6) is 0.192. The highest BCUT2D eigenvalue weighted by atomic mass is 16.5. The standard InChI is InChI=1S/C20H23NO6/c1-12-6-7-13(2)15(8-12)20(23)27-11-18(22)21-14-9-16(24-3)19(26-5)17(10-14)25-4/h6-10H,11H2,1-5H3,(H,21,22). The number of rotatable bonds is 7. The summed E-state index contributed by atoms with van der Waals surface area (Å²) in [6.45, 7) is 3.28. The second kappa shape index (κ2) is 8.93. The van der Waals surface area contributed by atoms with Crippen LogP contribution in [-0.4, -0.2) is 39.8 Å². The van der Waals surface area contributed by atoms with Crippen LogP contribution in [0.15, 0.2) is 30.3 Å². The van der Waals surface area contributed by atoms with Crippen molar-refractivity contribution in [2.75, 3.05) is 33.3 Å². The molecular weight excluding hydrogens is 350 g/mol. The summed E-state index contributed by atoms with van der Waals surface area (Å²) >= 11 is 0. The van der Waals surface area contributed by atoms with Crippen molar-refractivity contribution < 1.29 is 28.5 Å². The van der Waals surface area contributed by atoms with Gasteiger partial charge in [0, 0.05) is 17.8 Å². The Morgan fingerprint density at radius 1 is 0.926 bits per heavy atom. The van der Waals surface area contributed by atoms with Gasteiger partial charge in [-0.25, -0.2) is 4.79 Å². The molecule has 0 atom stereocenters. The number of carbonyl (C=O) groups excluding carboxylic acids is 2. The van der Waals surface area contributed by atoms with Gasteiger partial charge < -0.3 is 24.3 Å². The smallest absolute Gasteiger partial charge is 0.338 e. The molecule has 27 heavy (non-hydrogen) atoms. The highest BCUT2D eigenvalue weighted by molar-refractivity contribution is 5.96. The number of benzene rings is 2. The van der Waals surface area contributed by atoms with E-state index in [4.69, 9.17) is 18.9 Å². The average Bonchev–Trinajstić information content (AvgIpc) is 2.67. The van der Waals surface area contributed by atoms with Gasteiger partial charge in [0.15, 0.2) is 18.1 Å². The Morgan fingerprint density at radius 2 is 1.56 bits per heavy atom. The van der Waals surface area contributed by atoms with E-state index in [0.29, 0.717) is 28.5 Å². The summed E-state index contributed by atoms with van der Waals surface area (Å²) in [5.41, 5.74) is 2.60. The molecule has 0 saturated heterocycles. The maximum atomic E-state index is 12.2. The second-order valence-electron chi connectivity index (χ2n) is 5.86. The SMILES string of the molecule is COc1cc(NC(=O)COC(=O)c2cc(C)ccc2C)cc(OC)c1OC. The third kappa shape index (κ3) is 4.91. The first-order chi connectivity index (χ1) is 12.9. The minimum Gasteiger partial charge on any atom is -0.493 e. The molecule has 0 heterocycles. The first-order valence-electron chi connectivity index (χ1n) is 8.23. The van der Waals surface area contributed by atoms with Crippen molar-refractivity contribution in [3.05, 3.63) is 47.0 Å². The number of hydrogen-bond acceptors (Lipinski definition) is 6. The van der Waals surface area contributed by atoms with Gasteiger partial charge in [0.2, 0.25) is 5.75 Å². The molecule has 7 heteroatoms. The van der Waals surface area contributed by atoms with Crippen LogP contribution in [0.25, 0.3) is 0 Å². The second-order valence-corrected chi connectivity index (χ2v) is 5.86. The predicted octanol–water partition coefficient (Wildman–Crippen LogP) is 3.12. The minimum absolute atomic E-state index is 0.402. The normalized spacial score (nSPS) is 10.1. The molecule has 0 fully saturated rings. The molecule has 7 nitrogen and oxygen atoms in total. The Balaban J connectivity index is 2.05. The molecule has 0 aromatic heterocycles. The van der Waals surface area contributed by atoms with E-state index in [1.165, 1.54) is 21.3 Å². The first kappa shape index (κ1) is 20.1. The van der Waals surface area contributed by atoms with E-state index in [1.54, 1.807) is 18.2 Å². The minimum atomic E-state index is -0.545. The number of hydrogen-bond donors (Lipinski definition) is 1. The molecule has 144 valence electrons. The van der Waals surface area contributed by atoms with Crippen molar-refractivity contribution in [2.45, 2.75) is 13.8 Å². The topological polar surface area (TPSA) is 83.1 Å². The van der Waals surface area contributed by atoms with Crippen LogP contribution in [0, 0.1) is 13.8 Å². The van der Waals surface area contributed by atoms with Crippen LogP contribution in [0.2, 0.25) is 0 Å². The van der Waals surface area contributed by atoms with Gasteiger partial charge in [-0.05, 0) is 25.5 Å². The van der Waals surface area contributed by atoms with E-state index in [1.807, 2.05) is 26.0 Å². The van der Waals surface area contributed by atoms with Gasteiger partial charge in [-0.2, -0.15) is 0 Å². The number of esters is 1. The quantitative estimate of drug-likeness (QED) is 0.751. The number of ether oxygens (including phenoxy) is 4. The third-order valence-corrected chi connectivity index (χ3v) is 3.90. The Labute approximate surface area is 158 Å². The maximum absolute atomic E-state index is 12.2. The Morgan fingerprint density at radius 3 is 2.11 bits per heavy atom. The van der Waals surface area contributed by atoms with E-state index >= 15 is 0 Å². The van der Waals surface area contributed by atoms with E-state index in [-0.39, 0.29) is 0 Å². The Hall–Kier alpha value is -3.22. The van der Waals surface area contributed by atoms with Crippen LogP contribution in [0.4, 0.5) is 5.69 Å². The molecule has 0 aliphatic heterocycles. The monoisotopic (exact) mass is 373 g/mol. The number of carbonyl (C=O) groups is 2. The fraction of sp³-hybridized carbons (Fsp3) is 0.300. The number of anilines is 1. The lowest BCUT2D eigenvalue weighted by atomic mass is 10.1. The molecule has 0 saturated carbocycles. The molecule has 1 amide bonds. The zero-order valence-electron chi connectivity index (χ0n) is 16.0. The zero-order valence-corrected chi connectivity index (χ0v) is 16.0. The predicted molar refractivity (Wildman–Crippen MR) is 101 cm³/mol. The summed E-state index contributed by atoms with van der Waals surface area (Å²) in [5, 5.41) is 2.64. The highest BCUT2D eigenvalue weighted by Gasteiger charge is 2.16. The van der Waals surface area contributed by atoms with Crippen LogP contribution >= 0.6 is 0 Å². The van der Waals surface area contributed by atoms with Gasteiger partial charge in [0.1, 0.15) is 0 Å². The largest absolute Gasteiger partial charge is 0.493 e. The van der Waals surface area contributed by atoms with Gasteiger partial charge in [-0.3, -0.25) is 4.79 Å². The maximum Gasteiger partial charge on any atom is 0.338 e. The van der Waals surface area contributed by atoms with E-state index in [2.05, 4.69) is 5.32 Å². The van der Waals surface area contributed by atoms with Crippen molar-refractivity contribution >= 4 is 17.6 Å². The molecule has 2 aromatic rings. The molecule has 0 radical (unpaired) electrons. The fourth-order valence-corrected chi connectivity index (χ4v) is 2.51. The van der Waals surface area contributed by atoms with Gasteiger partial charge in [-0.15, -0.1) is 0 Å². The van der Waals surface area contributed by atoms with Gasteiger partial charge in [0.05, 0.1) is 26.9 Å². The summed E-state index contributed by atoms with van der Waals surface area (Å²) in [4.78, 5) is 24.4. The number of nitrogens with one attached hydrogen (secondary N) is 1. The summed E-state index contributed by atoms with van der Waals surface area (Å²) in [6.07, 6.45) is 0. The van der Waals surface area contributed by atoms with Gasteiger partial charge in [0.25, 0.3) is 5.91 Å². The number of amides is 1. The summed E-state index contributed by atoms with van der Waals surface area (Å²) < 4.78 is 20.8. The van der Waals surface area contributed by atoms with E-state index in [9.17, 15) is 9.59 Å². The van der Waals surface area contributed by atoms with Crippen molar-refractivity contribution in [3.8, 4) is 17.2 Å². The molecule has 2 rings (SSSR count). The number of aryl methyl sites for hydroxylation is 2. The average molecular weight is 373 g/mol. The molecular formula is C20H23NO6. The van der Waals surface area contributed by atoms with Gasteiger partial charge in [-0.1, -0.05) is 17.7 Å². The van der Waals surface area contributed by atoms with Crippen LogP contribution < -0.4 is 19.5 Å². The van der Waals surface area contributed by atoms with Crippen LogP contribution in [-0.2, 0) is 9.53 Å². The summed E-state index contributed by atoms with van der Waals surface area (Å²) in [7, 11) is 4.45. The zero-order chi connectivity index (χ0) is 20.0. The molecule has 0 aliphatic carbocycles. The van der Waals surface area contributed by atoms with Crippen LogP contribution in [0.1, 0.15) is 21.5 Å². The molecule has 2 aromatic carbocycles. The van der Waals surface area contributed by atoms with Crippen molar-refractivity contribution in [2.24, 2.45) is 0 Å².